The number of ether oxygens (including phenoxy) is 2. The van der Waals surface area contributed by atoms with Crippen molar-refractivity contribution in [3.05, 3.63) is 46.8 Å². The monoisotopic (exact) mass is 531 g/mol. The topological polar surface area (TPSA) is 117 Å². The lowest BCUT2D eigenvalue weighted by Crippen LogP contribution is -2.40. The van der Waals surface area contributed by atoms with Crippen LogP contribution < -0.4 is 5.32 Å². The van der Waals surface area contributed by atoms with Gasteiger partial charge in [0.15, 0.2) is 9.84 Å². The fourth-order valence-electron chi connectivity index (χ4n) is 5.12. The molecule has 202 valence electrons. The van der Waals surface area contributed by atoms with Gasteiger partial charge in [-0.05, 0) is 55.9 Å². The van der Waals surface area contributed by atoms with Gasteiger partial charge in [-0.3, -0.25) is 9.48 Å². The maximum absolute atomic E-state index is 13.1. The molecule has 0 radical (unpaired) electrons. The van der Waals surface area contributed by atoms with E-state index in [2.05, 4.69) is 5.32 Å². The minimum absolute atomic E-state index is 0.000957. The lowest BCUT2D eigenvalue weighted by molar-refractivity contribution is 0.0159. The summed E-state index contributed by atoms with van der Waals surface area (Å²) in [5, 5.41) is 7.94. The molecular weight excluding hydrogens is 494 g/mol. The normalized spacial score (nSPS) is 17.7. The number of sulfone groups is 1. The first-order chi connectivity index (χ1) is 17.5. The van der Waals surface area contributed by atoms with Crippen LogP contribution in [0.15, 0.2) is 29.2 Å². The highest BCUT2D eigenvalue weighted by Gasteiger charge is 2.40. The Hall–Kier alpha value is -2.72. The second-order valence-electron chi connectivity index (χ2n) is 10.9. The van der Waals surface area contributed by atoms with Gasteiger partial charge in [-0.15, -0.1) is 0 Å². The smallest absolute Gasteiger partial charge is 0.338 e. The quantitative estimate of drug-likeness (QED) is 0.520. The summed E-state index contributed by atoms with van der Waals surface area (Å²) in [6, 6.07) is 5.83. The van der Waals surface area contributed by atoms with Crippen molar-refractivity contribution in [1.29, 1.82) is 0 Å². The van der Waals surface area contributed by atoms with Crippen molar-refractivity contribution in [2.24, 2.45) is 10.8 Å². The van der Waals surface area contributed by atoms with Crippen LogP contribution in [0.4, 0.5) is 0 Å². The second kappa shape index (κ2) is 10.6. The van der Waals surface area contributed by atoms with Crippen LogP contribution in [-0.4, -0.2) is 62.2 Å². The molecule has 0 aliphatic carbocycles. The Morgan fingerprint density at radius 2 is 1.86 bits per heavy atom. The number of aromatic nitrogens is 2. The molecule has 37 heavy (non-hydrogen) atoms. The minimum Gasteiger partial charge on any atom is -0.462 e. The maximum Gasteiger partial charge on any atom is 0.338 e. The molecular formula is C27H37N3O6S. The number of fused-ring (bicyclic) bond motifs is 1. The summed E-state index contributed by atoms with van der Waals surface area (Å²) in [4.78, 5) is 25.9. The van der Waals surface area contributed by atoms with Crippen molar-refractivity contribution in [2.45, 2.75) is 64.8 Å². The van der Waals surface area contributed by atoms with Crippen molar-refractivity contribution < 1.29 is 27.5 Å². The van der Waals surface area contributed by atoms with Crippen LogP contribution in [0.25, 0.3) is 0 Å². The number of rotatable bonds is 8. The lowest BCUT2D eigenvalue weighted by Gasteiger charge is -2.36. The van der Waals surface area contributed by atoms with Gasteiger partial charge in [-0.2, -0.15) is 5.10 Å². The molecule has 2 aliphatic heterocycles. The van der Waals surface area contributed by atoms with Gasteiger partial charge >= 0.3 is 5.97 Å². The number of benzene rings is 1. The van der Waals surface area contributed by atoms with Crippen molar-refractivity contribution in [3.8, 4) is 0 Å². The number of amides is 1. The van der Waals surface area contributed by atoms with E-state index in [1.54, 1.807) is 11.6 Å². The molecule has 1 aromatic carbocycles. The first-order valence-corrected chi connectivity index (χ1v) is 14.6. The van der Waals surface area contributed by atoms with Crippen LogP contribution in [0.2, 0.25) is 0 Å². The third kappa shape index (κ3) is 5.90. The Morgan fingerprint density at radius 3 is 2.49 bits per heavy atom. The molecule has 1 saturated heterocycles. The SMILES string of the molecule is CCn1nc(CC(C)(C)COC(=O)c2ccc(S(=O)(=O)CC)cc2)c2c1C(=O)NCC1(CCOCC1)C2. The van der Waals surface area contributed by atoms with E-state index in [9.17, 15) is 18.0 Å². The zero-order chi connectivity index (χ0) is 26.8. The zero-order valence-electron chi connectivity index (χ0n) is 22.1. The summed E-state index contributed by atoms with van der Waals surface area (Å²) in [7, 11) is -3.33. The number of esters is 1. The van der Waals surface area contributed by atoms with Gasteiger partial charge in [0, 0.05) is 43.7 Å². The fraction of sp³-hybridized carbons (Fsp3) is 0.593. The average molecular weight is 532 g/mol. The van der Waals surface area contributed by atoms with Gasteiger partial charge in [0.1, 0.15) is 5.69 Å². The molecule has 1 fully saturated rings. The van der Waals surface area contributed by atoms with E-state index >= 15 is 0 Å². The Balaban J connectivity index is 1.50. The average Bonchev–Trinajstić information content (AvgIpc) is 3.15. The molecule has 2 aromatic rings. The Bertz CT molecular complexity index is 1260. The third-order valence-corrected chi connectivity index (χ3v) is 9.20. The Labute approximate surface area is 218 Å². The first kappa shape index (κ1) is 27.3. The van der Waals surface area contributed by atoms with Crippen LogP contribution in [0.5, 0.6) is 0 Å². The molecule has 1 N–H and O–H groups in total. The standard InChI is InChI=1S/C27H37N3O6S/c1-5-30-23-21(15-27(17-28-24(23)31)11-13-35-14-12-27)22(29-30)16-26(3,4)18-36-25(32)19-7-9-20(10-8-19)37(33,34)6-2/h7-10H,5-6,11-18H2,1-4H3,(H,28,31). The van der Waals surface area contributed by atoms with Gasteiger partial charge in [-0.1, -0.05) is 20.8 Å². The van der Waals surface area contributed by atoms with Gasteiger partial charge in [0.05, 0.1) is 28.5 Å². The summed E-state index contributed by atoms with van der Waals surface area (Å²) < 4.78 is 37.1. The highest BCUT2D eigenvalue weighted by atomic mass is 32.2. The largest absolute Gasteiger partial charge is 0.462 e. The van der Waals surface area contributed by atoms with Crippen molar-refractivity contribution >= 4 is 21.7 Å². The summed E-state index contributed by atoms with van der Waals surface area (Å²) >= 11 is 0. The van der Waals surface area contributed by atoms with Crippen LogP contribution >= 0.6 is 0 Å². The summed E-state index contributed by atoms with van der Waals surface area (Å²) in [5.41, 5.74) is 2.32. The summed E-state index contributed by atoms with van der Waals surface area (Å²) in [6.07, 6.45) is 3.09. The molecule has 1 spiro atoms. The number of carbonyl (C=O) groups excluding carboxylic acids is 2. The van der Waals surface area contributed by atoms with Crippen LogP contribution in [0, 0.1) is 10.8 Å². The van der Waals surface area contributed by atoms with Crippen molar-refractivity contribution in [2.75, 3.05) is 32.1 Å². The van der Waals surface area contributed by atoms with Gasteiger partial charge in [0.25, 0.3) is 5.91 Å². The molecule has 0 bridgehead atoms. The minimum atomic E-state index is -3.33. The van der Waals surface area contributed by atoms with E-state index in [1.807, 2.05) is 20.8 Å². The molecule has 9 nitrogen and oxygen atoms in total. The van der Waals surface area contributed by atoms with E-state index in [0.29, 0.717) is 44.0 Å². The fourth-order valence-corrected chi connectivity index (χ4v) is 6.00. The number of hydrogen-bond donors (Lipinski definition) is 1. The Kier molecular flexibility index (Phi) is 7.80. The lowest BCUT2D eigenvalue weighted by atomic mass is 9.74. The summed E-state index contributed by atoms with van der Waals surface area (Å²) in [6.45, 7) is 10.3. The predicted molar refractivity (Wildman–Crippen MR) is 138 cm³/mol. The number of hydrogen-bond acceptors (Lipinski definition) is 7. The van der Waals surface area contributed by atoms with Crippen molar-refractivity contribution in [3.63, 3.8) is 0 Å². The number of aryl methyl sites for hydroxylation is 1. The second-order valence-corrected chi connectivity index (χ2v) is 13.2. The van der Waals surface area contributed by atoms with Gasteiger partial charge in [-0.25, -0.2) is 13.2 Å². The molecule has 1 aromatic heterocycles. The molecule has 10 heteroatoms. The van der Waals surface area contributed by atoms with E-state index in [-0.39, 0.29) is 28.6 Å². The highest BCUT2D eigenvalue weighted by molar-refractivity contribution is 7.91. The zero-order valence-corrected chi connectivity index (χ0v) is 22.9. The molecule has 3 heterocycles. The summed E-state index contributed by atoms with van der Waals surface area (Å²) in [5.74, 6) is -0.595. The van der Waals surface area contributed by atoms with Crippen LogP contribution in [0.3, 0.4) is 0 Å². The van der Waals surface area contributed by atoms with Crippen molar-refractivity contribution in [1.82, 2.24) is 15.1 Å². The maximum atomic E-state index is 13.1. The highest BCUT2D eigenvalue weighted by Crippen LogP contribution is 2.39. The molecule has 4 rings (SSSR count). The number of carbonyl (C=O) groups is 2. The van der Waals surface area contributed by atoms with E-state index in [4.69, 9.17) is 14.6 Å². The first-order valence-electron chi connectivity index (χ1n) is 12.9. The predicted octanol–water partition coefficient (Wildman–Crippen LogP) is 3.21. The van der Waals surface area contributed by atoms with E-state index < -0.39 is 21.2 Å². The number of nitrogens with one attached hydrogen (secondary N) is 1. The van der Waals surface area contributed by atoms with Gasteiger partial charge < -0.3 is 14.8 Å². The molecule has 0 unspecified atom stereocenters. The molecule has 2 aliphatic rings. The van der Waals surface area contributed by atoms with Crippen LogP contribution in [-0.2, 0) is 38.7 Å². The van der Waals surface area contributed by atoms with E-state index in [0.717, 1.165) is 30.5 Å². The van der Waals surface area contributed by atoms with Gasteiger partial charge in [0.2, 0.25) is 0 Å². The number of nitrogens with zero attached hydrogens (tertiary/aromatic N) is 2. The van der Waals surface area contributed by atoms with Crippen LogP contribution in [0.1, 0.15) is 72.6 Å². The molecule has 0 atom stereocenters. The van der Waals surface area contributed by atoms with E-state index in [1.165, 1.54) is 24.3 Å². The third-order valence-electron chi connectivity index (χ3n) is 7.45. The Morgan fingerprint density at radius 1 is 1.19 bits per heavy atom. The molecule has 1 amide bonds. The molecule has 0 saturated carbocycles.